The van der Waals surface area contributed by atoms with Crippen LogP contribution < -0.4 is 0 Å². The van der Waals surface area contributed by atoms with Crippen molar-refractivity contribution in [2.45, 2.75) is 37.3 Å². The first-order valence-corrected chi connectivity index (χ1v) is 9.30. The monoisotopic (exact) mass is 359 g/mol. The van der Waals surface area contributed by atoms with Crippen LogP contribution in [0.2, 0.25) is 0 Å². The fourth-order valence-electron chi connectivity index (χ4n) is 4.45. The van der Waals surface area contributed by atoms with Gasteiger partial charge in [0, 0.05) is 45.1 Å². The topological polar surface area (TPSA) is 78.9 Å². The Kier molecular flexibility index (Phi) is 4.52. The van der Waals surface area contributed by atoms with Crippen LogP contribution in [-0.2, 0) is 4.74 Å². The maximum Gasteiger partial charge on any atom is 0.410 e. The molecule has 0 bridgehead atoms. The molecular weight excluding hydrogens is 334 g/mol. The highest BCUT2D eigenvalue weighted by Gasteiger charge is 2.47. The van der Waals surface area contributed by atoms with E-state index in [1.54, 1.807) is 24.3 Å². The van der Waals surface area contributed by atoms with Gasteiger partial charge in [0.2, 0.25) is 0 Å². The molecule has 3 aliphatic heterocycles. The van der Waals surface area contributed by atoms with Crippen molar-refractivity contribution in [2.24, 2.45) is 0 Å². The van der Waals surface area contributed by atoms with E-state index in [0.29, 0.717) is 18.3 Å². The number of rotatable bonds is 2. The van der Waals surface area contributed by atoms with Crippen molar-refractivity contribution in [3.8, 4) is 0 Å². The number of piperidine rings is 2. The molecule has 0 aliphatic carbocycles. The smallest absolute Gasteiger partial charge is 0.410 e. The third-order valence-electron chi connectivity index (χ3n) is 5.76. The van der Waals surface area contributed by atoms with Crippen molar-refractivity contribution in [1.82, 2.24) is 24.7 Å². The van der Waals surface area contributed by atoms with Gasteiger partial charge in [0.15, 0.2) is 0 Å². The van der Waals surface area contributed by atoms with Gasteiger partial charge in [0.25, 0.3) is 5.91 Å². The fourth-order valence-corrected chi connectivity index (χ4v) is 4.45. The van der Waals surface area contributed by atoms with Gasteiger partial charge in [-0.3, -0.25) is 14.7 Å². The Hall–Kier alpha value is -2.22. The zero-order valence-electron chi connectivity index (χ0n) is 15.1. The van der Waals surface area contributed by atoms with Crippen molar-refractivity contribution in [3.63, 3.8) is 0 Å². The normalized spacial score (nSPS) is 27.8. The summed E-state index contributed by atoms with van der Waals surface area (Å²) in [5.74, 6) is -0.0435. The van der Waals surface area contributed by atoms with E-state index in [0.717, 1.165) is 51.9 Å². The SMILES string of the molecule is CN1C[C@]2(CCCN(C3CCN(C(=O)c4cnccn4)CC3)C2)OC1=O. The number of likely N-dealkylation sites (N-methyl/N-ethyl adjacent to an activating group) is 1. The molecule has 4 heterocycles. The van der Waals surface area contributed by atoms with E-state index in [-0.39, 0.29) is 17.6 Å². The molecule has 1 spiro atoms. The van der Waals surface area contributed by atoms with Crippen molar-refractivity contribution >= 4 is 12.0 Å². The molecule has 1 atom stereocenters. The lowest BCUT2D eigenvalue weighted by Gasteiger charge is -2.44. The average molecular weight is 359 g/mol. The lowest BCUT2D eigenvalue weighted by molar-refractivity contribution is -0.0313. The number of carbonyl (C=O) groups excluding carboxylic acids is 2. The van der Waals surface area contributed by atoms with Crippen molar-refractivity contribution in [1.29, 1.82) is 0 Å². The van der Waals surface area contributed by atoms with Crippen molar-refractivity contribution in [3.05, 3.63) is 24.3 Å². The summed E-state index contributed by atoms with van der Waals surface area (Å²) in [4.78, 5) is 38.4. The van der Waals surface area contributed by atoms with E-state index in [1.165, 1.54) is 6.20 Å². The number of aromatic nitrogens is 2. The van der Waals surface area contributed by atoms with Crippen LogP contribution in [0.3, 0.4) is 0 Å². The highest BCUT2D eigenvalue weighted by molar-refractivity contribution is 5.92. The summed E-state index contributed by atoms with van der Waals surface area (Å²) in [6.45, 7) is 3.95. The Bertz CT molecular complexity index is 677. The number of ether oxygens (including phenoxy) is 1. The predicted molar refractivity (Wildman–Crippen MR) is 93.6 cm³/mol. The second-order valence-corrected chi connectivity index (χ2v) is 7.60. The number of amides is 2. The summed E-state index contributed by atoms with van der Waals surface area (Å²) in [5.41, 5.74) is 0.0557. The third-order valence-corrected chi connectivity index (χ3v) is 5.76. The molecule has 0 aromatic carbocycles. The summed E-state index contributed by atoms with van der Waals surface area (Å²) in [6.07, 6.45) is 8.28. The minimum Gasteiger partial charge on any atom is -0.440 e. The highest BCUT2D eigenvalue weighted by atomic mass is 16.6. The zero-order valence-corrected chi connectivity index (χ0v) is 15.1. The van der Waals surface area contributed by atoms with E-state index in [4.69, 9.17) is 4.74 Å². The Morgan fingerprint density at radius 3 is 2.69 bits per heavy atom. The van der Waals surface area contributed by atoms with E-state index in [9.17, 15) is 9.59 Å². The van der Waals surface area contributed by atoms with Crippen LogP contribution in [0.5, 0.6) is 0 Å². The van der Waals surface area contributed by atoms with Gasteiger partial charge < -0.3 is 14.5 Å². The molecule has 8 nitrogen and oxygen atoms in total. The second-order valence-electron chi connectivity index (χ2n) is 7.60. The molecule has 3 fully saturated rings. The van der Waals surface area contributed by atoms with Crippen molar-refractivity contribution < 1.29 is 14.3 Å². The van der Waals surface area contributed by atoms with Crippen LogP contribution in [-0.4, -0.2) is 88.1 Å². The quantitative estimate of drug-likeness (QED) is 0.784. The van der Waals surface area contributed by atoms with Gasteiger partial charge in [-0.15, -0.1) is 0 Å². The number of carbonyl (C=O) groups is 2. The summed E-state index contributed by atoms with van der Waals surface area (Å²) >= 11 is 0. The number of likely N-dealkylation sites (tertiary alicyclic amines) is 2. The van der Waals surface area contributed by atoms with Gasteiger partial charge in [-0.25, -0.2) is 9.78 Å². The van der Waals surface area contributed by atoms with Crippen LogP contribution in [0.15, 0.2) is 18.6 Å². The van der Waals surface area contributed by atoms with Crippen LogP contribution in [0.1, 0.15) is 36.2 Å². The molecule has 1 aromatic rings. The van der Waals surface area contributed by atoms with Gasteiger partial charge in [-0.05, 0) is 32.2 Å². The second kappa shape index (κ2) is 6.83. The highest BCUT2D eigenvalue weighted by Crippen LogP contribution is 2.33. The summed E-state index contributed by atoms with van der Waals surface area (Å²) in [6, 6.07) is 0.433. The lowest BCUT2D eigenvalue weighted by Crippen LogP contribution is -2.56. The first-order chi connectivity index (χ1) is 12.6. The molecule has 4 rings (SSSR count). The Morgan fingerprint density at radius 2 is 2.04 bits per heavy atom. The van der Waals surface area contributed by atoms with Crippen LogP contribution in [0.25, 0.3) is 0 Å². The average Bonchev–Trinajstić information content (AvgIpc) is 2.94. The molecule has 0 saturated carbocycles. The standard InChI is InChI=1S/C18H25N5O3/c1-21-12-18(26-17(21)25)5-2-8-23(13-18)14-3-9-22(10-4-14)16(24)15-11-19-6-7-20-15/h6-7,11,14H,2-5,8-10,12-13H2,1H3/t18-/m0/s1. The Labute approximate surface area is 153 Å². The molecule has 0 radical (unpaired) electrons. The number of nitrogens with zero attached hydrogens (tertiary/aromatic N) is 5. The van der Waals surface area contributed by atoms with Crippen LogP contribution in [0.4, 0.5) is 4.79 Å². The van der Waals surface area contributed by atoms with Gasteiger partial charge >= 0.3 is 6.09 Å². The van der Waals surface area contributed by atoms with E-state index >= 15 is 0 Å². The van der Waals surface area contributed by atoms with Crippen LogP contribution in [0, 0.1) is 0 Å². The third kappa shape index (κ3) is 3.25. The largest absolute Gasteiger partial charge is 0.440 e. The van der Waals surface area contributed by atoms with Gasteiger partial charge in [-0.2, -0.15) is 0 Å². The summed E-state index contributed by atoms with van der Waals surface area (Å²) in [7, 11) is 1.80. The first kappa shape index (κ1) is 17.2. The number of hydrogen-bond donors (Lipinski definition) is 0. The lowest BCUT2D eigenvalue weighted by atomic mass is 9.90. The minimum absolute atomic E-state index is 0.0435. The molecule has 1 aromatic heterocycles. The van der Waals surface area contributed by atoms with E-state index in [2.05, 4.69) is 14.9 Å². The summed E-state index contributed by atoms with van der Waals surface area (Å²) in [5, 5.41) is 0. The van der Waals surface area contributed by atoms with E-state index < -0.39 is 0 Å². The molecular formula is C18H25N5O3. The zero-order chi connectivity index (χ0) is 18.1. The molecule has 3 saturated heterocycles. The number of hydrogen-bond acceptors (Lipinski definition) is 6. The van der Waals surface area contributed by atoms with Gasteiger partial charge in [0.05, 0.1) is 12.7 Å². The fraction of sp³-hybridized carbons (Fsp3) is 0.667. The first-order valence-electron chi connectivity index (χ1n) is 9.30. The maximum atomic E-state index is 12.5. The minimum atomic E-state index is -0.351. The van der Waals surface area contributed by atoms with Gasteiger partial charge in [0.1, 0.15) is 11.3 Å². The molecule has 8 heteroatoms. The Balaban J connectivity index is 1.35. The summed E-state index contributed by atoms with van der Waals surface area (Å²) < 4.78 is 5.71. The van der Waals surface area contributed by atoms with E-state index in [1.807, 2.05) is 4.90 Å². The maximum absolute atomic E-state index is 12.5. The van der Waals surface area contributed by atoms with Crippen molar-refractivity contribution in [2.75, 3.05) is 39.8 Å². The molecule has 0 unspecified atom stereocenters. The van der Waals surface area contributed by atoms with Crippen LogP contribution >= 0.6 is 0 Å². The van der Waals surface area contributed by atoms with Gasteiger partial charge in [-0.1, -0.05) is 0 Å². The molecule has 3 aliphatic rings. The molecule has 140 valence electrons. The molecule has 0 N–H and O–H groups in total. The predicted octanol–water partition coefficient (Wildman–Crippen LogP) is 0.998. The molecule has 2 amide bonds. The Morgan fingerprint density at radius 1 is 1.23 bits per heavy atom. The molecule has 26 heavy (non-hydrogen) atoms.